The van der Waals surface area contributed by atoms with Crippen molar-refractivity contribution in [3.63, 3.8) is 0 Å². The van der Waals surface area contributed by atoms with E-state index in [9.17, 15) is 4.79 Å². The van der Waals surface area contributed by atoms with Gasteiger partial charge in [0.25, 0.3) is 0 Å². The molecule has 0 aromatic heterocycles. The monoisotopic (exact) mass is 391 g/mol. The molecule has 2 aliphatic heterocycles. The molecule has 152 valence electrons. The van der Waals surface area contributed by atoms with Gasteiger partial charge < -0.3 is 23.7 Å². The van der Waals surface area contributed by atoms with Crippen LogP contribution in [0.2, 0.25) is 0 Å². The quantitative estimate of drug-likeness (QED) is 0.291. The average molecular weight is 391 g/mol. The molecule has 2 unspecified atom stereocenters. The largest absolute Gasteiger partial charge is 0.466 e. The van der Waals surface area contributed by atoms with Crippen molar-refractivity contribution < 1.29 is 28.5 Å². The van der Waals surface area contributed by atoms with Crippen LogP contribution in [0.5, 0.6) is 0 Å². The fourth-order valence-electron chi connectivity index (χ4n) is 3.45. The molecular formula is C19H25N3O6. The van der Waals surface area contributed by atoms with E-state index in [0.717, 1.165) is 5.56 Å². The molecular weight excluding hydrogens is 366 g/mol. The third-order valence-electron chi connectivity index (χ3n) is 4.57. The van der Waals surface area contributed by atoms with E-state index < -0.39 is 42.4 Å². The number of fused-ring (bicyclic) bond motifs is 1. The van der Waals surface area contributed by atoms with Crippen molar-refractivity contribution in [2.75, 3.05) is 6.61 Å². The molecule has 0 bridgehead atoms. The molecule has 3 rings (SSSR count). The van der Waals surface area contributed by atoms with E-state index >= 15 is 0 Å². The first-order valence-corrected chi connectivity index (χ1v) is 9.30. The van der Waals surface area contributed by atoms with E-state index in [4.69, 9.17) is 29.2 Å². The first-order chi connectivity index (χ1) is 13.4. The number of benzene rings is 1. The van der Waals surface area contributed by atoms with Gasteiger partial charge in [0.2, 0.25) is 0 Å². The zero-order valence-corrected chi connectivity index (χ0v) is 16.2. The highest BCUT2D eigenvalue weighted by molar-refractivity contribution is 5.70. The maximum Gasteiger partial charge on any atom is 0.306 e. The summed E-state index contributed by atoms with van der Waals surface area (Å²) < 4.78 is 28.8. The maximum absolute atomic E-state index is 12.0. The lowest BCUT2D eigenvalue weighted by Crippen LogP contribution is -2.42. The lowest BCUT2D eigenvalue weighted by atomic mass is 10.0. The number of nitrogens with zero attached hydrogens (tertiary/aromatic N) is 3. The zero-order valence-electron chi connectivity index (χ0n) is 16.2. The second-order valence-corrected chi connectivity index (χ2v) is 7.11. The Hall–Kier alpha value is -2.16. The molecule has 5 atom stereocenters. The summed E-state index contributed by atoms with van der Waals surface area (Å²) in [6.45, 7) is 5.86. The molecule has 0 saturated carbocycles. The van der Waals surface area contributed by atoms with Crippen LogP contribution in [0.4, 0.5) is 0 Å². The minimum absolute atomic E-state index is 0.114. The smallest absolute Gasteiger partial charge is 0.306 e. The minimum atomic E-state index is -0.816. The normalized spacial score (nSPS) is 29.0. The molecule has 2 aliphatic rings. The van der Waals surface area contributed by atoms with Crippen LogP contribution in [-0.4, -0.2) is 49.0 Å². The summed E-state index contributed by atoms with van der Waals surface area (Å²) in [4.78, 5) is 14.8. The van der Waals surface area contributed by atoms with Crippen molar-refractivity contribution in [1.29, 1.82) is 0 Å². The molecule has 9 heteroatoms. The first kappa shape index (κ1) is 20.6. The van der Waals surface area contributed by atoms with Gasteiger partial charge in [0.1, 0.15) is 12.2 Å². The Labute approximate surface area is 163 Å². The standard InChI is InChI=1S/C19H25N3O6/c1-4-24-14(23)10-13(21-22-20)15-16(25-11-12-8-6-5-7-9-12)17-18(26-15)28-19(2,3)27-17/h5-9,13,15-18H,4,10-11H2,1-3H3/t13?,15?,16-,17+,18+/m0/s1. The SMILES string of the molecule is CCOC(=O)CC(N=[N+]=[N-])C1O[C@@H]2OC(C)(C)O[C@@H]2[C@H]1OCc1ccccc1. The topological polar surface area (TPSA) is 112 Å². The van der Waals surface area contributed by atoms with Crippen molar-refractivity contribution >= 4 is 5.97 Å². The maximum atomic E-state index is 12.0. The molecule has 1 aromatic rings. The Balaban J connectivity index is 1.78. The summed E-state index contributed by atoms with van der Waals surface area (Å²) in [5.74, 6) is -1.28. The third-order valence-corrected chi connectivity index (χ3v) is 4.57. The highest BCUT2D eigenvalue weighted by Crippen LogP contribution is 2.41. The molecule has 2 fully saturated rings. The molecule has 0 aliphatic carbocycles. The number of hydrogen-bond acceptors (Lipinski definition) is 7. The van der Waals surface area contributed by atoms with Gasteiger partial charge in [-0.25, -0.2) is 0 Å². The predicted molar refractivity (Wildman–Crippen MR) is 97.9 cm³/mol. The van der Waals surface area contributed by atoms with E-state index in [1.165, 1.54) is 0 Å². The highest BCUT2D eigenvalue weighted by atomic mass is 16.8. The van der Waals surface area contributed by atoms with Crippen LogP contribution >= 0.6 is 0 Å². The van der Waals surface area contributed by atoms with E-state index in [1.54, 1.807) is 20.8 Å². The Bertz CT molecular complexity index is 722. The first-order valence-electron chi connectivity index (χ1n) is 9.30. The summed E-state index contributed by atoms with van der Waals surface area (Å²) in [6, 6.07) is 8.86. The summed E-state index contributed by atoms with van der Waals surface area (Å²) in [5.41, 5.74) is 9.95. The van der Waals surface area contributed by atoms with Crippen molar-refractivity contribution in [1.82, 2.24) is 0 Å². The van der Waals surface area contributed by atoms with Gasteiger partial charge in [-0.05, 0) is 31.9 Å². The lowest BCUT2D eigenvalue weighted by Gasteiger charge is -2.28. The molecule has 2 saturated heterocycles. The molecule has 28 heavy (non-hydrogen) atoms. The van der Waals surface area contributed by atoms with Crippen LogP contribution in [0, 0.1) is 0 Å². The molecule has 0 radical (unpaired) electrons. The zero-order chi connectivity index (χ0) is 20.1. The summed E-state index contributed by atoms with van der Waals surface area (Å²) in [5, 5.41) is 3.76. The summed E-state index contributed by atoms with van der Waals surface area (Å²) in [7, 11) is 0. The summed E-state index contributed by atoms with van der Waals surface area (Å²) in [6.07, 6.45) is -2.55. The Morgan fingerprint density at radius 2 is 2.07 bits per heavy atom. The van der Waals surface area contributed by atoms with E-state index in [0.29, 0.717) is 6.61 Å². The highest BCUT2D eigenvalue weighted by Gasteiger charge is 2.57. The van der Waals surface area contributed by atoms with Gasteiger partial charge in [-0.1, -0.05) is 35.4 Å². The van der Waals surface area contributed by atoms with E-state index in [2.05, 4.69) is 10.0 Å². The summed E-state index contributed by atoms with van der Waals surface area (Å²) >= 11 is 0. The second kappa shape index (κ2) is 8.89. The van der Waals surface area contributed by atoms with Gasteiger partial charge in [0.05, 0.1) is 31.8 Å². The van der Waals surface area contributed by atoms with Gasteiger partial charge in [0.15, 0.2) is 12.1 Å². The predicted octanol–water partition coefficient (Wildman–Crippen LogP) is 3.08. The van der Waals surface area contributed by atoms with Crippen LogP contribution in [-0.2, 0) is 35.1 Å². The van der Waals surface area contributed by atoms with E-state index in [1.807, 2.05) is 30.3 Å². The number of esters is 1. The van der Waals surface area contributed by atoms with Gasteiger partial charge >= 0.3 is 5.97 Å². The van der Waals surface area contributed by atoms with Crippen LogP contribution in [0.15, 0.2) is 35.4 Å². The molecule has 1 aromatic carbocycles. The lowest BCUT2D eigenvalue weighted by molar-refractivity contribution is -0.221. The molecule has 9 nitrogen and oxygen atoms in total. The fourth-order valence-corrected chi connectivity index (χ4v) is 3.45. The fraction of sp³-hybridized carbons (Fsp3) is 0.632. The average Bonchev–Trinajstić information content (AvgIpc) is 3.12. The van der Waals surface area contributed by atoms with Crippen molar-refractivity contribution in [2.24, 2.45) is 5.11 Å². The van der Waals surface area contributed by atoms with Gasteiger partial charge in [-0.2, -0.15) is 0 Å². The Kier molecular flexibility index (Phi) is 6.53. The van der Waals surface area contributed by atoms with Gasteiger partial charge in [-0.15, -0.1) is 0 Å². The van der Waals surface area contributed by atoms with Crippen molar-refractivity contribution in [3.8, 4) is 0 Å². The molecule has 0 spiro atoms. The molecule has 2 heterocycles. The van der Waals surface area contributed by atoms with Crippen LogP contribution < -0.4 is 0 Å². The number of carbonyl (C=O) groups is 1. The van der Waals surface area contributed by atoms with Crippen molar-refractivity contribution in [2.45, 2.75) is 70.2 Å². The second-order valence-electron chi connectivity index (χ2n) is 7.11. The van der Waals surface area contributed by atoms with Crippen LogP contribution in [0.25, 0.3) is 10.4 Å². The number of azide groups is 1. The number of carbonyl (C=O) groups excluding carboxylic acids is 1. The van der Waals surface area contributed by atoms with E-state index in [-0.39, 0.29) is 13.0 Å². The van der Waals surface area contributed by atoms with Crippen molar-refractivity contribution in [3.05, 3.63) is 46.3 Å². The van der Waals surface area contributed by atoms with Gasteiger partial charge in [-0.3, -0.25) is 4.79 Å². The number of hydrogen-bond donors (Lipinski definition) is 0. The molecule has 0 N–H and O–H groups in total. The molecule has 0 amide bonds. The minimum Gasteiger partial charge on any atom is -0.466 e. The van der Waals surface area contributed by atoms with Gasteiger partial charge in [0, 0.05) is 4.91 Å². The number of rotatable bonds is 8. The Morgan fingerprint density at radius 1 is 1.32 bits per heavy atom. The Morgan fingerprint density at radius 3 is 2.75 bits per heavy atom. The number of ether oxygens (including phenoxy) is 5. The van der Waals surface area contributed by atoms with Crippen LogP contribution in [0.1, 0.15) is 32.8 Å². The van der Waals surface area contributed by atoms with Crippen LogP contribution in [0.3, 0.4) is 0 Å². The third kappa shape index (κ3) is 4.81.